The summed E-state index contributed by atoms with van der Waals surface area (Å²) in [4.78, 5) is 0. The fraction of sp³-hybridized carbons (Fsp3) is 0.500. The fourth-order valence-corrected chi connectivity index (χ4v) is 2.00. The number of anilines is 1. The van der Waals surface area contributed by atoms with Crippen LogP contribution in [0.15, 0.2) is 42.5 Å². The smallest absolute Gasteiger partial charge is 0.0517 e. The standard InChI is InChI=1S/C16H26N2/c1-14(2)8-7-9-15(3)12-13-18(17)16-10-5-4-6-11-16/h4-6,10-11,15H,1,7-9,12-13,17H2,2-3H3. The van der Waals surface area contributed by atoms with Crippen molar-refractivity contribution in [3.8, 4) is 0 Å². The van der Waals surface area contributed by atoms with Crippen molar-refractivity contribution in [1.29, 1.82) is 0 Å². The summed E-state index contributed by atoms with van der Waals surface area (Å²) in [6, 6.07) is 10.1. The summed E-state index contributed by atoms with van der Waals surface area (Å²) in [7, 11) is 0. The van der Waals surface area contributed by atoms with Crippen LogP contribution in [-0.2, 0) is 0 Å². The summed E-state index contributed by atoms with van der Waals surface area (Å²) < 4.78 is 0. The zero-order valence-corrected chi connectivity index (χ0v) is 11.7. The third kappa shape index (κ3) is 5.87. The first-order valence-electron chi connectivity index (χ1n) is 6.81. The normalized spacial score (nSPS) is 12.2. The number of hydrogen-bond donors (Lipinski definition) is 1. The first kappa shape index (κ1) is 14.8. The average molecular weight is 246 g/mol. The van der Waals surface area contributed by atoms with Crippen molar-refractivity contribution < 1.29 is 0 Å². The topological polar surface area (TPSA) is 29.3 Å². The molecule has 1 aromatic carbocycles. The quantitative estimate of drug-likeness (QED) is 0.424. The molecule has 1 rings (SSSR count). The van der Waals surface area contributed by atoms with Crippen LogP contribution in [0.25, 0.3) is 0 Å². The lowest BCUT2D eigenvalue weighted by atomic mass is 9.99. The molecule has 18 heavy (non-hydrogen) atoms. The lowest BCUT2D eigenvalue weighted by Crippen LogP contribution is -2.32. The van der Waals surface area contributed by atoms with E-state index in [9.17, 15) is 0 Å². The third-order valence-electron chi connectivity index (χ3n) is 3.25. The molecule has 100 valence electrons. The predicted molar refractivity (Wildman–Crippen MR) is 80.4 cm³/mol. The van der Waals surface area contributed by atoms with Gasteiger partial charge in [-0.05, 0) is 44.2 Å². The number of allylic oxidation sites excluding steroid dienone is 1. The maximum absolute atomic E-state index is 6.04. The fourth-order valence-electron chi connectivity index (χ4n) is 2.00. The lowest BCUT2D eigenvalue weighted by molar-refractivity contribution is 0.473. The van der Waals surface area contributed by atoms with E-state index in [0.717, 1.165) is 31.0 Å². The highest BCUT2D eigenvalue weighted by atomic mass is 15.4. The number of para-hydroxylation sites is 1. The van der Waals surface area contributed by atoms with Crippen molar-refractivity contribution in [2.45, 2.75) is 39.5 Å². The van der Waals surface area contributed by atoms with E-state index in [1.807, 2.05) is 35.3 Å². The van der Waals surface area contributed by atoms with Gasteiger partial charge in [-0.3, -0.25) is 0 Å². The van der Waals surface area contributed by atoms with E-state index in [1.165, 1.54) is 18.4 Å². The van der Waals surface area contributed by atoms with Crippen molar-refractivity contribution in [3.05, 3.63) is 42.5 Å². The molecule has 0 fully saturated rings. The molecule has 1 unspecified atom stereocenters. The molecule has 0 amide bonds. The van der Waals surface area contributed by atoms with Crippen LogP contribution in [0, 0.1) is 5.92 Å². The zero-order chi connectivity index (χ0) is 13.4. The van der Waals surface area contributed by atoms with Gasteiger partial charge in [-0.25, -0.2) is 5.84 Å². The number of hydrazine groups is 1. The molecule has 0 aliphatic rings. The Morgan fingerprint density at radius 1 is 1.28 bits per heavy atom. The Hall–Kier alpha value is -1.28. The van der Waals surface area contributed by atoms with Gasteiger partial charge in [-0.1, -0.05) is 37.1 Å². The van der Waals surface area contributed by atoms with E-state index in [0.29, 0.717) is 0 Å². The van der Waals surface area contributed by atoms with Crippen LogP contribution in [0.3, 0.4) is 0 Å². The maximum Gasteiger partial charge on any atom is 0.0517 e. The second-order valence-electron chi connectivity index (χ2n) is 5.27. The van der Waals surface area contributed by atoms with Gasteiger partial charge in [0.1, 0.15) is 0 Å². The Bertz CT molecular complexity index is 345. The summed E-state index contributed by atoms with van der Waals surface area (Å²) in [6.45, 7) is 9.25. The number of nitrogens with two attached hydrogens (primary N) is 1. The van der Waals surface area contributed by atoms with Gasteiger partial charge in [0.15, 0.2) is 0 Å². The Kier molecular flexibility index (Phi) is 6.51. The molecule has 0 aliphatic heterocycles. The van der Waals surface area contributed by atoms with Gasteiger partial charge in [0.05, 0.1) is 5.69 Å². The van der Waals surface area contributed by atoms with E-state index < -0.39 is 0 Å². The molecular weight excluding hydrogens is 220 g/mol. The first-order valence-corrected chi connectivity index (χ1v) is 6.81. The molecule has 0 aliphatic carbocycles. The van der Waals surface area contributed by atoms with Crippen LogP contribution in [-0.4, -0.2) is 6.54 Å². The second-order valence-corrected chi connectivity index (χ2v) is 5.27. The van der Waals surface area contributed by atoms with E-state index >= 15 is 0 Å². The van der Waals surface area contributed by atoms with Gasteiger partial charge in [-0.15, -0.1) is 6.58 Å². The summed E-state index contributed by atoms with van der Waals surface area (Å²) in [5, 5.41) is 1.84. The van der Waals surface area contributed by atoms with Gasteiger partial charge in [0, 0.05) is 6.54 Å². The minimum atomic E-state index is 0.721. The van der Waals surface area contributed by atoms with E-state index in [4.69, 9.17) is 5.84 Å². The molecule has 1 atom stereocenters. The maximum atomic E-state index is 6.04. The second kappa shape index (κ2) is 7.93. The SMILES string of the molecule is C=C(C)CCCC(C)CCN(N)c1ccccc1. The van der Waals surface area contributed by atoms with Crippen LogP contribution in [0.5, 0.6) is 0 Å². The Balaban J connectivity index is 2.22. The highest BCUT2D eigenvalue weighted by Gasteiger charge is 2.05. The van der Waals surface area contributed by atoms with Crippen molar-refractivity contribution in [2.24, 2.45) is 11.8 Å². The average Bonchev–Trinajstić information content (AvgIpc) is 2.36. The molecule has 2 N–H and O–H groups in total. The van der Waals surface area contributed by atoms with Crippen LogP contribution < -0.4 is 10.9 Å². The summed E-state index contributed by atoms with van der Waals surface area (Å²) in [5.74, 6) is 6.76. The molecular formula is C16H26N2. The van der Waals surface area contributed by atoms with Crippen LogP contribution in [0.1, 0.15) is 39.5 Å². The molecule has 2 heteroatoms. The van der Waals surface area contributed by atoms with Crippen molar-refractivity contribution >= 4 is 5.69 Å². The summed E-state index contributed by atoms with van der Waals surface area (Å²) in [6.07, 6.45) is 4.79. The van der Waals surface area contributed by atoms with Gasteiger partial charge in [0.25, 0.3) is 0 Å². The summed E-state index contributed by atoms with van der Waals surface area (Å²) >= 11 is 0. The van der Waals surface area contributed by atoms with Crippen LogP contribution in [0.4, 0.5) is 5.69 Å². The minimum Gasteiger partial charge on any atom is -0.311 e. The molecule has 0 saturated heterocycles. The Labute approximate surface area is 111 Å². The Morgan fingerprint density at radius 2 is 1.94 bits per heavy atom. The number of hydrogen-bond acceptors (Lipinski definition) is 2. The van der Waals surface area contributed by atoms with Crippen molar-refractivity contribution in [3.63, 3.8) is 0 Å². The molecule has 0 spiro atoms. The van der Waals surface area contributed by atoms with Crippen molar-refractivity contribution in [1.82, 2.24) is 0 Å². The predicted octanol–water partition coefficient (Wildman–Crippen LogP) is 4.14. The molecule has 1 aromatic rings. The number of nitrogens with zero attached hydrogens (tertiary/aromatic N) is 1. The van der Waals surface area contributed by atoms with Crippen LogP contribution in [0.2, 0.25) is 0 Å². The van der Waals surface area contributed by atoms with E-state index in [-0.39, 0.29) is 0 Å². The van der Waals surface area contributed by atoms with Gasteiger partial charge in [-0.2, -0.15) is 0 Å². The third-order valence-corrected chi connectivity index (χ3v) is 3.25. The van der Waals surface area contributed by atoms with Crippen LogP contribution >= 0.6 is 0 Å². The highest BCUT2D eigenvalue weighted by Crippen LogP contribution is 2.16. The monoisotopic (exact) mass is 246 g/mol. The first-order chi connectivity index (χ1) is 8.59. The zero-order valence-electron chi connectivity index (χ0n) is 11.7. The minimum absolute atomic E-state index is 0.721. The van der Waals surface area contributed by atoms with Gasteiger partial charge in [0.2, 0.25) is 0 Å². The summed E-state index contributed by atoms with van der Waals surface area (Å²) in [5.41, 5.74) is 2.37. The molecule has 2 nitrogen and oxygen atoms in total. The van der Waals surface area contributed by atoms with Gasteiger partial charge < -0.3 is 5.01 Å². The molecule has 0 saturated carbocycles. The molecule has 0 radical (unpaired) electrons. The lowest BCUT2D eigenvalue weighted by Gasteiger charge is -2.20. The Morgan fingerprint density at radius 3 is 2.56 bits per heavy atom. The van der Waals surface area contributed by atoms with E-state index in [1.54, 1.807) is 0 Å². The largest absolute Gasteiger partial charge is 0.311 e. The number of rotatable bonds is 8. The highest BCUT2D eigenvalue weighted by molar-refractivity contribution is 5.43. The van der Waals surface area contributed by atoms with Gasteiger partial charge >= 0.3 is 0 Å². The van der Waals surface area contributed by atoms with E-state index in [2.05, 4.69) is 20.4 Å². The molecule has 0 bridgehead atoms. The molecule has 0 aromatic heterocycles. The number of benzene rings is 1. The van der Waals surface area contributed by atoms with Crippen molar-refractivity contribution in [2.75, 3.05) is 11.6 Å². The molecule has 0 heterocycles.